The summed E-state index contributed by atoms with van der Waals surface area (Å²) in [5.74, 6) is -0.257. The van der Waals surface area contributed by atoms with E-state index in [-0.39, 0.29) is 36.6 Å². The van der Waals surface area contributed by atoms with Crippen LogP contribution in [0.4, 0.5) is 5.69 Å². The molecule has 0 spiro atoms. The van der Waals surface area contributed by atoms with Crippen LogP contribution in [0.15, 0.2) is 59.5 Å². The van der Waals surface area contributed by atoms with Crippen molar-refractivity contribution in [3.05, 3.63) is 81.8 Å². The van der Waals surface area contributed by atoms with Gasteiger partial charge in [0.05, 0.1) is 18.8 Å². The van der Waals surface area contributed by atoms with E-state index in [0.717, 1.165) is 36.0 Å². The molecule has 8 heteroatoms. The second-order valence-corrected chi connectivity index (χ2v) is 8.49. The molecular weight excluding hydrogens is 430 g/mol. The van der Waals surface area contributed by atoms with Crippen molar-refractivity contribution in [2.45, 2.75) is 38.8 Å². The fourth-order valence-electron chi connectivity index (χ4n) is 4.41. The molecule has 0 saturated carbocycles. The Balaban J connectivity index is 1.66. The van der Waals surface area contributed by atoms with Gasteiger partial charge in [-0.3, -0.25) is 19.0 Å². The average molecular weight is 460 g/mol. The van der Waals surface area contributed by atoms with Gasteiger partial charge in [-0.2, -0.15) is 0 Å². The topological polar surface area (TPSA) is 105 Å². The van der Waals surface area contributed by atoms with Crippen LogP contribution in [0.25, 0.3) is 11.4 Å². The fourth-order valence-corrected chi connectivity index (χ4v) is 4.41. The number of amides is 2. The Hall–Kier alpha value is -3.78. The molecule has 176 valence electrons. The number of anilines is 1. The summed E-state index contributed by atoms with van der Waals surface area (Å²) in [5, 5.41) is 8.43. The molecule has 1 aliphatic rings. The van der Waals surface area contributed by atoms with E-state index in [9.17, 15) is 14.4 Å². The molecule has 1 aromatic heterocycles. The van der Waals surface area contributed by atoms with E-state index in [4.69, 9.17) is 0 Å². The molecule has 1 atom stereocenters. The van der Waals surface area contributed by atoms with E-state index < -0.39 is 5.56 Å². The number of hydrogen-bond donors (Lipinski definition) is 3. The lowest BCUT2D eigenvalue weighted by Gasteiger charge is -2.26. The van der Waals surface area contributed by atoms with Gasteiger partial charge in [0.15, 0.2) is 0 Å². The maximum atomic E-state index is 13.3. The van der Waals surface area contributed by atoms with Gasteiger partial charge in [0.1, 0.15) is 18.1 Å². The molecule has 0 radical (unpaired) electrons. The Morgan fingerprint density at radius 3 is 2.65 bits per heavy atom. The van der Waals surface area contributed by atoms with E-state index in [2.05, 4.69) is 27.0 Å². The van der Waals surface area contributed by atoms with Crippen LogP contribution in [0.2, 0.25) is 0 Å². The van der Waals surface area contributed by atoms with Gasteiger partial charge in [0.25, 0.3) is 5.56 Å². The van der Waals surface area contributed by atoms with E-state index in [1.54, 1.807) is 7.05 Å². The smallest absolute Gasteiger partial charge is 0.278 e. The van der Waals surface area contributed by atoms with Crippen LogP contribution in [0.5, 0.6) is 0 Å². The third-order valence-electron chi connectivity index (χ3n) is 6.05. The number of aryl methyl sites for hydroxylation is 2. The van der Waals surface area contributed by atoms with Crippen LogP contribution in [0.3, 0.4) is 0 Å². The summed E-state index contributed by atoms with van der Waals surface area (Å²) >= 11 is 0. The summed E-state index contributed by atoms with van der Waals surface area (Å²) in [7, 11) is 1.64. The van der Waals surface area contributed by atoms with Crippen molar-refractivity contribution in [2.75, 3.05) is 18.9 Å². The Morgan fingerprint density at radius 1 is 1.09 bits per heavy atom. The van der Waals surface area contributed by atoms with E-state index in [0.29, 0.717) is 5.82 Å². The predicted molar refractivity (Wildman–Crippen MR) is 131 cm³/mol. The lowest BCUT2D eigenvalue weighted by molar-refractivity contribution is -0.122. The SMILES string of the molecule is CNCC(=O)Nc1cnc(-c2ccccc2C)n(CC(=O)N[C@@H]2CCCc3ccccc32)c1=O. The third kappa shape index (κ3) is 5.07. The van der Waals surface area contributed by atoms with Gasteiger partial charge in [0, 0.05) is 5.56 Å². The quantitative estimate of drug-likeness (QED) is 0.504. The number of benzene rings is 2. The van der Waals surface area contributed by atoms with Crippen LogP contribution >= 0.6 is 0 Å². The normalized spacial score (nSPS) is 14.8. The van der Waals surface area contributed by atoms with E-state index in [1.165, 1.54) is 16.3 Å². The molecule has 3 N–H and O–H groups in total. The van der Waals surface area contributed by atoms with Crippen LogP contribution in [-0.2, 0) is 22.6 Å². The molecular formula is C26H29N5O3. The van der Waals surface area contributed by atoms with Crippen molar-refractivity contribution < 1.29 is 9.59 Å². The molecule has 1 heterocycles. The molecule has 34 heavy (non-hydrogen) atoms. The van der Waals surface area contributed by atoms with Gasteiger partial charge in [-0.1, -0.05) is 48.5 Å². The Kier molecular flexibility index (Phi) is 7.18. The van der Waals surface area contributed by atoms with Crippen molar-refractivity contribution in [2.24, 2.45) is 0 Å². The molecule has 2 aromatic carbocycles. The zero-order chi connectivity index (χ0) is 24.1. The summed E-state index contributed by atoms with van der Waals surface area (Å²) in [6.45, 7) is 1.78. The number of likely N-dealkylation sites (N-methyl/N-ethyl adjacent to an activating group) is 1. The van der Waals surface area contributed by atoms with Crippen molar-refractivity contribution in [1.82, 2.24) is 20.2 Å². The van der Waals surface area contributed by atoms with Crippen molar-refractivity contribution >= 4 is 17.5 Å². The summed E-state index contributed by atoms with van der Waals surface area (Å²) in [6.07, 6.45) is 4.19. The zero-order valence-corrected chi connectivity index (χ0v) is 19.4. The van der Waals surface area contributed by atoms with Crippen LogP contribution in [0, 0.1) is 6.92 Å². The van der Waals surface area contributed by atoms with E-state index in [1.807, 2.05) is 49.4 Å². The number of fused-ring (bicyclic) bond motifs is 1. The fraction of sp³-hybridized carbons (Fsp3) is 0.308. The lowest BCUT2D eigenvalue weighted by atomic mass is 9.88. The first-order valence-corrected chi connectivity index (χ1v) is 11.5. The number of hydrogen-bond acceptors (Lipinski definition) is 5. The van der Waals surface area contributed by atoms with E-state index >= 15 is 0 Å². The Bertz CT molecular complexity index is 1270. The second-order valence-electron chi connectivity index (χ2n) is 8.49. The first kappa shape index (κ1) is 23.4. The summed E-state index contributed by atoms with van der Waals surface area (Å²) in [6, 6.07) is 15.6. The molecule has 0 saturated heterocycles. The lowest BCUT2D eigenvalue weighted by Crippen LogP contribution is -2.38. The maximum absolute atomic E-state index is 13.3. The van der Waals surface area contributed by atoms with Gasteiger partial charge in [-0.25, -0.2) is 4.98 Å². The minimum atomic E-state index is -0.475. The second kappa shape index (κ2) is 10.4. The highest BCUT2D eigenvalue weighted by molar-refractivity contribution is 5.92. The standard InChI is InChI=1S/C26H29N5O3/c1-17-8-3-5-11-19(17)25-28-14-22(30-23(32)15-27-2)26(34)31(25)16-24(33)29-21-13-7-10-18-9-4-6-12-20(18)21/h3-6,8-9,11-12,14,21,27H,7,10,13,15-16H2,1-2H3,(H,29,33)(H,30,32)/t21-/m1/s1. The molecule has 1 aliphatic carbocycles. The highest BCUT2D eigenvalue weighted by Crippen LogP contribution is 2.29. The summed E-state index contributed by atoms with van der Waals surface area (Å²) < 4.78 is 1.33. The summed E-state index contributed by atoms with van der Waals surface area (Å²) in [4.78, 5) is 43.0. The number of carbonyl (C=O) groups excluding carboxylic acids is 2. The number of rotatable bonds is 7. The molecule has 2 amide bonds. The van der Waals surface area contributed by atoms with Gasteiger partial charge < -0.3 is 16.0 Å². The predicted octanol–water partition coefficient (Wildman–Crippen LogP) is 2.57. The highest BCUT2D eigenvalue weighted by atomic mass is 16.2. The minimum absolute atomic E-state index is 0.0356. The first-order valence-electron chi connectivity index (χ1n) is 11.5. The van der Waals surface area contributed by atoms with Crippen molar-refractivity contribution in [1.29, 1.82) is 0 Å². The van der Waals surface area contributed by atoms with Crippen molar-refractivity contribution in [3.63, 3.8) is 0 Å². The number of carbonyl (C=O) groups is 2. The van der Waals surface area contributed by atoms with Gasteiger partial charge in [0.2, 0.25) is 11.8 Å². The van der Waals surface area contributed by atoms with Crippen LogP contribution < -0.4 is 21.5 Å². The zero-order valence-electron chi connectivity index (χ0n) is 19.4. The van der Waals surface area contributed by atoms with Gasteiger partial charge in [-0.05, 0) is 49.9 Å². The summed E-state index contributed by atoms with van der Waals surface area (Å²) in [5.41, 5.74) is 3.61. The molecule has 8 nitrogen and oxygen atoms in total. The van der Waals surface area contributed by atoms with Crippen molar-refractivity contribution in [3.8, 4) is 11.4 Å². The highest BCUT2D eigenvalue weighted by Gasteiger charge is 2.23. The monoisotopic (exact) mass is 459 g/mol. The average Bonchev–Trinajstić information content (AvgIpc) is 2.83. The molecule has 0 fully saturated rings. The van der Waals surface area contributed by atoms with Gasteiger partial charge >= 0.3 is 0 Å². The number of aromatic nitrogens is 2. The molecule has 0 bridgehead atoms. The molecule has 3 aromatic rings. The Labute approximate surface area is 198 Å². The Morgan fingerprint density at radius 2 is 1.85 bits per heavy atom. The molecule has 4 rings (SSSR count). The molecule has 0 unspecified atom stereocenters. The molecule has 0 aliphatic heterocycles. The maximum Gasteiger partial charge on any atom is 0.278 e. The number of nitrogens with one attached hydrogen (secondary N) is 3. The van der Waals surface area contributed by atoms with Crippen LogP contribution in [0.1, 0.15) is 35.6 Å². The van der Waals surface area contributed by atoms with Gasteiger partial charge in [-0.15, -0.1) is 0 Å². The van der Waals surface area contributed by atoms with Crippen LogP contribution in [-0.4, -0.2) is 35.0 Å². The number of nitrogens with zero attached hydrogens (tertiary/aromatic N) is 2. The largest absolute Gasteiger partial charge is 0.348 e. The third-order valence-corrected chi connectivity index (χ3v) is 6.05. The minimum Gasteiger partial charge on any atom is -0.348 e. The first-order chi connectivity index (χ1) is 16.5.